The van der Waals surface area contributed by atoms with E-state index < -0.39 is 0 Å². The van der Waals surface area contributed by atoms with Crippen molar-refractivity contribution in [3.05, 3.63) is 94.9 Å². The molecular weight excluding hydrogens is 572 g/mol. The summed E-state index contributed by atoms with van der Waals surface area (Å²) in [6.07, 6.45) is 9.08. The molecule has 4 saturated heterocycles. The van der Waals surface area contributed by atoms with E-state index in [4.69, 9.17) is 37.9 Å². The molecule has 0 saturated carbocycles. The lowest BCUT2D eigenvalue weighted by molar-refractivity contribution is 0.171. The van der Waals surface area contributed by atoms with Gasteiger partial charge in [0.25, 0.3) is 0 Å². The molecule has 0 amide bonds. The first kappa shape index (κ1) is 36.5. The summed E-state index contributed by atoms with van der Waals surface area (Å²) < 4.78 is 38.3. The van der Waals surface area contributed by atoms with Gasteiger partial charge in [0.1, 0.15) is 24.4 Å². The van der Waals surface area contributed by atoms with E-state index in [0.29, 0.717) is 24.4 Å². The van der Waals surface area contributed by atoms with Gasteiger partial charge in [0, 0.05) is 28.4 Å². The lowest BCUT2D eigenvalue weighted by Gasteiger charge is -2.03. The van der Waals surface area contributed by atoms with Gasteiger partial charge in [-0.3, -0.25) is 0 Å². The molecule has 0 N–H and O–H groups in total. The zero-order valence-electron chi connectivity index (χ0n) is 27.2. The van der Waals surface area contributed by atoms with Gasteiger partial charge in [-0.2, -0.15) is 0 Å². The van der Waals surface area contributed by atoms with Crippen LogP contribution in [0.5, 0.6) is 0 Å². The first-order valence-electron chi connectivity index (χ1n) is 15.4. The van der Waals surface area contributed by atoms with E-state index in [1.165, 1.54) is 21.6 Å². The molecule has 4 heterocycles. The van der Waals surface area contributed by atoms with Gasteiger partial charge in [0.15, 0.2) is 0 Å². The molecule has 3 aromatic carbocycles. The lowest BCUT2D eigenvalue weighted by Crippen LogP contribution is -2.21. The molecule has 45 heavy (non-hydrogen) atoms. The fourth-order valence-electron chi connectivity index (χ4n) is 3.93. The molecule has 7 rings (SSSR count). The van der Waals surface area contributed by atoms with Gasteiger partial charge < -0.3 is 37.9 Å². The Morgan fingerprint density at radius 1 is 0.622 bits per heavy atom. The summed E-state index contributed by atoms with van der Waals surface area (Å²) in [5.41, 5.74) is 1.36. The van der Waals surface area contributed by atoms with E-state index in [-0.39, 0.29) is 0 Å². The highest BCUT2D eigenvalue weighted by molar-refractivity contribution is 5.85. The SMILES string of the molecule is C=c1cccc/c1=C/C=C\Cc1cccc2ccccc12.COCC1CO1.COCC1CO1.COCC1CO1.COCC1CO1. The van der Waals surface area contributed by atoms with Crippen molar-refractivity contribution in [1.29, 1.82) is 0 Å². The molecule has 8 nitrogen and oxygen atoms in total. The lowest BCUT2D eigenvalue weighted by atomic mass is 10.0. The molecule has 246 valence electrons. The van der Waals surface area contributed by atoms with Gasteiger partial charge in [-0.1, -0.05) is 91.5 Å². The van der Waals surface area contributed by atoms with Gasteiger partial charge in [0.05, 0.1) is 52.9 Å². The maximum atomic E-state index is 4.82. The number of hydrogen-bond acceptors (Lipinski definition) is 8. The monoisotopic (exact) mass is 622 g/mol. The maximum Gasteiger partial charge on any atom is 0.104 e. The molecule has 4 atom stereocenters. The van der Waals surface area contributed by atoms with Crippen LogP contribution in [-0.2, 0) is 44.3 Å². The Bertz CT molecular complexity index is 1280. The van der Waals surface area contributed by atoms with Crippen molar-refractivity contribution in [2.24, 2.45) is 0 Å². The standard InChI is InChI=1S/C21H18.4C4H8O2/c1-17-9-2-3-10-18(17)11-4-5-12-19-14-8-15-20-13-6-7-16-21(19)20;4*1-5-2-4-3-6-4/h2-11,13-16H,1,12H2;4*4H,2-3H2,1H3/b5-4-,18-11-;;;;. The molecule has 4 aliphatic heterocycles. The van der Waals surface area contributed by atoms with Crippen LogP contribution >= 0.6 is 0 Å². The van der Waals surface area contributed by atoms with Gasteiger partial charge in [-0.05, 0) is 33.2 Å². The molecule has 4 fully saturated rings. The van der Waals surface area contributed by atoms with Crippen molar-refractivity contribution >= 4 is 23.4 Å². The van der Waals surface area contributed by atoms with Crippen LogP contribution in [0.4, 0.5) is 0 Å². The fraction of sp³-hybridized carbons (Fsp3) is 0.459. The normalized spacial score (nSPS) is 22.0. The topological polar surface area (TPSA) is 87.0 Å². The second kappa shape index (κ2) is 21.8. The highest BCUT2D eigenvalue weighted by atomic mass is 16.6. The zero-order valence-corrected chi connectivity index (χ0v) is 27.2. The first-order chi connectivity index (χ1) is 22.1. The van der Waals surface area contributed by atoms with Crippen molar-refractivity contribution in [2.45, 2.75) is 30.8 Å². The zero-order chi connectivity index (χ0) is 32.1. The number of rotatable bonds is 11. The Balaban J connectivity index is 0.000000185. The van der Waals surface area contributed by atoms with Crippen molar-refractivity contribution in [1.82, 2.24) is 0 Å². The Morgan fingerprint density at radius 2 is 1.07 bits per heavy atom. The number of epoxide rings is 4. The summed E-state index contributed by atoms with van der Waals surface area (Å²) in [6.45, 7) is 10.7. The first-order valence-corrected chi connectivity index (χ1v) is 15.4. The number of methoxy groups -OCH3 is 4. The number of ether oxygens (including phenoxy) is 8. The maximum absolute atomic E-state index is 4.82. The molecule has 4 aliphatic rings. The molecule has 4 unspecified atom stereocenters. The molecular formula is C37H50O8. The highest BCUT2D eigenvalue weighted by Crippen LogP contribution is 2.19. The summed E-state index contributed by atoms with van der Waals surface area (Å²) in [4.78, 5) is 0. The number of benzene rings is 3. The van der Waals surface area contributed by atoms with E-state index in [9.17, 15) is 0 Å². The van der Waals surface area contributed by atoms with Crippen molar-refractivity contribution in [3.63, 3.8) is 0 Å². The van der Waals surface area contributed by atoms with Crippen LogP contribution < -0.4 is 10.4 Å². The molecule has 3 aromatic rings. The van der Waals surface area contributed by atoms with Crippen molar-refractivity contribution in [2.75, 3.05) is 81.3 Å². The Hall–Kier alpha value is -2.92. The number of fused-ring (bicyclic) bond motifs is 1. The van der Waals surface area contributed by atoms with Crippen LogP contribution in [0.2, 0.25) is 0 Å². The summed E-state index contributed by atoms with van der Waals surface area (Å²) in [5.74, 6) is 0. The minimum absolute atomic E-state index is 0.426. The van der Waals surface area contributed by atoms with Crippen LogP contribution in [0.15, 0.2) is 78.9 Å². The largest absolute Gasteiger partial charge is 0.382 e. The fourth-order valence-corrected chi connectivity index (χ4v) is 3.93. The Morgan fingerprint density at radius 3 is 1.51 bits per heavy atom. The Labute approximate surface area is 268 Å². The van der Waals surface area contributed by atoms with Gasteiger partial charge in [0.2, 0.25) is 0 Å². The van der Waals surface area contributed by atoms with Crippen LogP contribution in [0.25, 0.3) is 23.4 Å². The second-order valence-corrected chi connectivity index (χ2v) is 10.8. The third-order valence-electron chi connectivity index (χ3n) is 6.70. The summed E-state index contributed by atoms with van der Waals surface area (Å²) in [5, 5.41) is 4.87. The second-order valence-electron chi connectivity index (χ2n) is 10.8. The third kappa shape index (κ3) is 17.4. The van der Waals surface area contributed by atoms with Crippen LogP contribution in [-0.4, -0.2) is 106 Å². The van der Waals surface area contributed by atoms with Crippen molar-refractivity contribution in [3.8, 4) is 0 Å². The smallest absolute Gasteiger partial charge is 0.104 e. The average molecular weight is 623 g/mol. The average Bonchev–Trinajstić information content (AvgIpc) is 3.86. The van der Waals surface area contributed by atoms with E-state index >= 15 is 0 Å². The predicted molar refractivity (Wildman–Crippen MR) is 179 cm³/mol. The molecule has 0 aliphatic carbocycles. The van der Waals surface area contributed by atoms with E-state index in [1.54, 1.807) is 28.4 Å². The molecule has 0 radical (unpaired) electrons. The third-order valence-corrected chi connectivity index (χ3v) is 6.70. The summed E-state index contributed by atoms with van der Waals surface area (Å²) in [7, 11) is 6.73. The molecule has 0 bridgehead atoms. The minimum Gasteiger partial charge on any atom is -0.382 e. The van der Waals surface area contributed by atoms with Gasteiger partial charge in [-0.15, -0.1) is 0 Å². The minimum atomic E-state index is 0.426. The predicted octanol–water partition coefficient (Wildman–Crippen LogP) is 3.96. The van der Waals surface area contributed by atoms with Crippen LogP contribution in [0.3, 0.4) is 0 Å². The molecule has 0 spiro atoms. The highest BCUT2D eigenvalue weighted by Gasteiger charge is 2.22. The van der Waals surface area contributed by atoms with Crippen LogP contribution in [0.1, 0.15) is 5.56 Å². The van der Waals surface area contributed by atoms with Gasteiger partial charge in [-0.25, -0.2) is 0 Å². The quantitative estimate of drug-likeness (QED) is 0.297. The Kier molecular flexibility index (Phi) is 17.7. The summed E-state index contributed by atoms with van der Waals surface area (Å²) >= 11 is 0. The van der Waals surface area contributed by atoms with Crippen LogP contribution in [0, 0.1) is 0 Å². The molecule has 8 heteroatoms. The van der Waals surface area contributed by atoms with E-state index in [0.717, 1.165) is 64.5 Å². The number of allylic oxidation sites excluding steroid dienone is 2. The number of hydrogen-bond donors (Lipinski definition) is 0. The summed E-state index contributed by atoms with van der Waals surface area (Å²) in [6, 6.07) is 23.2. The van der Waals surface area contributed by atoms with E-state index in [2.05, 4.69) is 73.3 Å². The van der Waals surface area contributed by atoms with Crippen molar-refractivity contribution < 1.29 is 37.9 Å². The van der Waals surface area contributed by atoms with E-state index in [1.807, 2.05) is 18.2 Å². The van der Waals surface area contributed by atoms with Gasteiger partial charge >= 0.3 is 0 Å². The molecule has 0 aromatic heterocycles.